The maximum Gasteiger partial charge on any atom is 0.0462 e. The first-order chi connectivity index (χ1) is 5.90. The Balaban J connectivity index is 2.36. The van der Waals surface area contributed by atoms with Gasteiger partial charge in [-0.25, -0.2) is 0 Å². The lowest BCUT2D eigenvalue weighted by atomic mass is 10.1. The van der Waals surface area contributed by atoms with E-state index in [-0.39, 0.29) is 0 Å². The predicted molar refractivity (Wildman–Crippen MR) is 51.4 cm³/mol. The fourth-order valence-electron chi connectivity index (χ4n) is 1.44. The summed E-state index contributed by atoms with van der Waals surface area (Å²) in [4.78, 5) is 5.69. The minimum Gasteiger partial charge on any atom is -0.312 e. The molecule has 12 heavy (non-hydrogen) atoms. The van der Waals surface area contributed by atoms with Gasteiger partial charge in [-0.15, -0.1) is 11.8 Å². The van der Waals surface area contributed by atoms with E-state index < -0.39 is 0 Å². The van der Waals surface area contributed by atoms with Crippen LogP contribution in [0.2, 0.25) is 0 Å². The third-order valence-electron chi connectivity index (χ3n) is 2.12. The van der Waals surface area contributed by atoms with Crippen molar-refractivity contribution in [1.29, 1.82) is 0 Å². The van der Waals surface area contributed by atoms with Gasteiger partial charge in [0, 0.05) is 36.3 Å². The second kappa shape index (κ2) is 3.46. The third kappa shape index (κ3) is 1.47. The average Bonchev–Trinajstić information content (AvgIpc) is 2.17. The lowest BCUT2D eigenvalue weighted by Gasteiger charge is -2.16. The zero-order chi connectivity index (χ0) is 8.39. The van der Waals surface area contributed by atoms with Crippen molar-refractivity contribution < 1.29 is 0 Å². The molecule has 0 unspecified atom stereocenters. The number of nitrogens with one attached hydrogen (secondary N) is 1. The quantitative estimate of drug-likeness (QED) is 0.662. The Hall–Kier alpha value is -0.540. The molecular formula is C9H12N2S. The molecule has 0 aromatic carbocycles. The highest BCUT2D eigenvalue weighted by Crippen LogP contribution is 2.18. The third-order valence-corrected chi connectivity index (χ3v) is 2.82. The number of thioether (sulfide) groups is 1. The smallest absolute Gasteiger partial charge is 0.0462 e. The van der Waals surface area contributed by atoms with Gasteiger partial charge >= 0.3 is 0 Å². The van der Waals surface area contributed by atoms with Gasteiger partial charge in [0.05, 0.1) is 0 Å². The van der Waals surface area contributed by atoms with Crippen molar-refractivity contribution in [1.82, 2.24) is 10.3 Å². The zero-order valence-corrected chi connectivity index (χ0v) is 7.95. The average molecular weight is 180 g/mol. The van der Waals surface area contributed by atoms with Crippen molar-refractivity contribution in [2.45, 2.75) is 17.9 Å². The molecule has 64 valence electrons. The van der Waals surface area contributed by atoms with Gasteiger partial charge in [0.15, 0.2) is 0 Å². The summed E-state index contributed by atoms with van der Waals surface area (Å²) in [7, 11) is 0. The minimum absolute atomic E-state index is 0.983. The molecule has 0 aliphatic carbocycles. The van der Waals surface area contributed by atoms with E-state index in [1.807, 2.05) is 6.20 Å². The Bertz CT molecular complexity index is 286. The van der Waals surface area contributed by atoms with Crippen LogP contribution in [0.4, 0.5) is 0 Å². The van der Waals surface area contributed by atoms with Crippen LogP contribution < -0.4 is 5.32 Å². The first kappa shape index (κ1) is 8.08. The Kier molecular flexibility index (Phi) is 2.33. The number of aromatic nitrogens is 1. The molecule has 1 aromatic rings. The van der Waals surface area contributed by atoms with E-state index in [1.54, 1.807) is 11.8 Å². The van der Waals surface area contributed by atoms with E-state index in [1.165, 1.54) is 16.2 Å². The topological polar surface area (TPSA) is 24.9 Å². The van der Waals surface area contributed by atoms with Gasteiger partial charge in [0.2, 0.25) is 0 Å². The van der Waals surface area contributed by atoms with Gasteiger partial charge in [0.25, 0.3) is 0 Å². The second-order valence-corrected chi connectivity index (χ2v) is 3.79. The first-order valence-corrected chi connectivity index (χ1v) is 5.35. The number of nitrogens with zero attached hydrogens (tertiary/aromatic N) is 1. The lowest BCUT2D eigenvalue weighted by Crippen LogP contribution is -2.24. The molecule has 1 N–H and O–H groups in total. The van der Waals surface area contributed by atoms with Crippen molar-refractivity contribution in [3.63, 3.8) is 0 Å². The molecule has 0 saturated carbocycles. The molecule has 0 saturated heterocycles. The molecule has 0 spiro atoms. The van der Waals surface area contributed by atoms with Crippen molar-refractivity contribution in [2.75, 3.05) is 12.8 Å². The summed E-state index contributed by atoms with van der Waals surface area (Å²) >= 11 is 1.75. The molecular weight excluding hydrogens is 168 g/mol. The van der Waals surface area contributed by atoms with E-state index in [0.29, 0.717) is 0 Å². The molecule has 2 nitrogen and oxygen atoms in total. The fraction of sp³-hybridized carbons (Fsp3) is 0.444. The van der Waals surface area contributed by atoms with Crippen LogP contribution in [-0.2, 0) is 13.0 Å². The largest absolute Gasteiger partial charge is 0.312 e. The van der Waals surface area contributed by atoms with Gasteiger partial charge in [-0.1, -0.05) is 0 Å². The predicted octanol–water partition coefficient (Wildman–Crippen LogP) is 1.45. The highest BCUT2D eigenvalue weighted by Gasteiger charge is 2.09. The summed E-state index contributed by atoms with van der Waals surface area (Å²) < 4.78 is 0. The summed E-state index contributed by atoms with van der Waals surface area (Å²) in [5, 5.41) is 3.34. The van der Waals surface area contributed by atoms with Crippen LogP contribution in [0.5, 0.6) is 0 Å². The lowest BCUT2D eigenvalue weighted by molar-refractivity contribution is 0.627. The minimum atomic E-state index is 0.983. The van der Waals surface area contributed by atoms with Crippen LogP contribution in [0.1, 0.15) is 11.3 Å². The monoisotopic (exact) mass is 180 g/mol. The summed E-state index contributed by atoms with van der Waals surface area (Å²) in [5.74, 6) is 0. The number of hydrogen-bond donors (Lipinski definition) is 1. The van der Waals surface area contributed by atoms with Crippen molar-refractivity contribution in [3.05, 3.63) is 23.5 Å². The summed E-state index contributed by atoms with van der Waals surface area (Å²) in [6, 6.07) is 2.24. The maximum atomic E-state index is 4.43. The molecule has 1 aromatic heterocycles. The maximum absolute atomic E-state index is 4.43. The second-order valence-electron chi connectivity index (χ2n) is 2.91. The molecule has 0 atom stereocenters. The molecule has 0 fully saturated rings. The van der Waals surface area contributed by atoms with Crippen LogP contribution >= 0.6 is 11.8 Å². The van der Waals surface area contributed by atoms with E-state index in [2.05, 4.69) is 22.6 Å². The first-order valence-electron chi connectivity index (χ1n) is 4.12. The molecule has 0 bridgehead atoms. The molecule has 1 aliphatic rings. The van der Waals surface area contributed by atoms with Gasteiger partial charge in [-0.05, 0) is 17.9 Å². The fourth-order valence-corrected chi connectivity index (χ4v) is 1.85. The van der Waals surface area contributed by atoms with Crippen molar-refractivity contribution >= 4 is 11.8 Å². The van der Waals surface area contributed by atoms with E-state index in [0.717, 1.165) is 19.5 Å². The van der Waals surface area contributed by atoms with Crippen LogP contribution in [0.15, 0.2) is 17.2 Å². The SMILES string of the molecule is CSc1cnc2c(c1)CNCC2. The van der Waals surface area contributed by atoms with Gasteiger partial charge in [-0.3, -0.25) is 4.98 Å². The van der Waals surface area contributed by atoms with Crippen molar-refractivity contribution in [2.24, 2.45) is 0 Å². The van der Waals surface area contributed by atoms with Gasteiger partial charge in [0.1, 0.15) is 0 Å². The van der Waals surface area contributed by atoms with E-state index in [9.17, 15) is 0 Å². The summed E-state index contributed by atoms with van der Waals surface area (Å²) in [6.07, 6.45) is 5.12. The number of rotatable bonds is 1. The Morgan fingerprint density at radius 2 is 2.50 bits per heavy atom. The van der Waals surface area contributed by atoms with Crippen LogP contribution in [0.3, 0.4) is 0 Å². The van der Waals surface area contributed by atoms with Gasteiger partial charge in [-0.2, -0.15) is 0 Å². The number of hydrogen-bond acceptors (Lipinski definition) is 3. The standard InChI is InChI=1S/C9H12N2S/c1-12-8-4-7-5-10-3-2-9(7)11-6-8/h4,6,10H,2-3,5H2,1H3. The van der Waals surface area contributed by atoms with Gasteiger partial charge < -0.3 is 5.32 Å². The van der Waals surface area contributed by atoms with Crippen LogP contribution in [-0.4, -0.2) is 17.8 Å². The molecule has 2 heterocycles. The highest BCUT2D eigenvalue weighted by atomic mass is 32.2. The number of fused-ring (bicyclic) bond motifs is 1. The molecule has 0 radical (unpaired) electrons. The van der Waals surface area contributed by atoms with Crippen molar-refractivity contribution in [3.8, 4) is 0 Å². The van der Waals surface area contributed by atoms with Crippen LogP contribution in [0.25, 0.3) is 0 Å². The Morgan fingerprint density at radius 1 is 1.58 bits per heavy atom. The van der Waals surface area contributed by atoms with Crippen LogP contribution in [0, 0.1) is 0 Å². The Labute approximate surface area is 76.8 Å². The molecule has 2 rings (SSSR count). The number of pyridine rings is 1. The molecule has 1 aliphatic heterocycles. The normalized spacial score (nSPS) is 15.8. The highest BCUT2D eigenvalue weighted by molar-refractivity contribution is 7.98. The zero-order valence-electron chi connectivity index (χ0n) is 7.13. The van der Waals surface area contributed by atoms with E-state index in [4.69, 9.17) is 0 Å². The Morgan fingerprint density at radius 3 is 3.33 bits per heavy atom. The summed E-state index contributed by atoms with van der Waals surface area (Å²) in [5.41, 5.74) is 2.64. The summed E-state index contributed by atoms with van der Waals surface area (Å²) in [6.45, 7) is 2.05. The molecule has 3 heteroatoms. The van der Waals surface area contributed by atoms with E-state index >= 15 is 0 Å². The molecule has 0 amide bonds.